The van der Waals surface area contributed by atoms with Gasteiger partial charge in [-0.15, -0.1) is 0 Å². The SMILES string of the molecule is Oc1ccc(-c2cc(Cc3ccccc3)[nH]n2)cc1. The fourth-order valence-corrected chi connectivity index (χ4v) is 2.05. The molecule has 1 heterocycles. The first-order valence-corrected chi connectivity index (χ1v) is 6.19. The number of aromatic amines is 1. The lowest BCUT2D eigenvalue weighted by Crippen LogP contribution is -1.87. The van der Waals surface area contributed by atoms with Crippen LogP contribution in [0.1, 0.15) is 11.3 Å². The van der Waals surface area contributed by atoms with Crippen molar-refractivity contribution < 1.29 is 5.11 Å². The Kier molecular flexibility index (Phi) is 3.02. The standard InChI is InChI=1S/C16H14N2O/c19-15-8-6-13(7-9-15)16-11-14(17-18-16)10-12-4-2-1-3-5-12/h1-9,11,19H,10H2,(H,17,18). The molecule has 19 heavy (non-hydrogen) atoms. The summed E-state index contributed by atoms with van der Waals surface area (Å²) in [6.45, 7) is 0. The summed E-state index contributed by atoms with van der Waals surface area (Å²) in [6, 6.07) is 19.4. The second-order valence-corrected chi connectivity index (χ2v) is 4.49. The molecule has 3 rings (SSSR count). The molecular weight excluding hydrogens is 236 g/mol. The molecule has 0 unspecified atom stereocenters. The van der Waals surface area contributed by atoms with E-state index in [2.05, 4.69) is 22.3 Å². The molecule has 0 radical (unpaired) electrons. The van der Waals surface area contributed by atoms with Gasteiger partial charge in [0.25, 0.3) is 0 Å². The molecule has 3 aromatic rings. The first kappa shape index (κ1) is 11.5. The van der Waals surface area contributed by atoms with Crippen LogP contribution < -0.4 is 0 Å². The summed E-state index contributed by atoms with van der Waals surface area (Å²) in [7, 11) is 0. The Morgan fingerprint density at radius 1 is 0.947 bits per heavy atom. The maximum absolute atomic E-state index is 9.28. The molecule has 3 heteroatoms. The third-order valence-corrected chi connectivity index (χ3v) is 3.03. The van der Waals surface area contributed by atoms with Gasteiger partial charge >= 0.3 is 0 Å². The molecule has 94 valence electrons. The van der Waals surface area contributed by atoms with E-state index in [0.29, 0.717) is 0 Å². The van der Waals surface area contributed by atoms with Crippen LogP contribution in [0.2, 0.25) is 0 Å². The molecule has 0 aliphatic carbocycles. The smallest absolute Gasteiger partial charge is 0.115 e. The van der Waals surface area contributed by atoms with Gasteiger partial charge in [-0.25, -0.2) is 0 Å². The fourth-order valence-electron chi connectivity index (χ4n) is 2.05. The van der Waals surface area contributed by atoms with E-state index < -0.39 is 0 Å². The Balaban J connectivity index is 1.82. The van der Waals surface area contributed by atoms with E-state index in [-0.39, 0.29) is 5.75 Å². The van der Waals surface area contributed by atoms with Gasteiger partial charge in [0.15, 0.2) is 0 Å². The summed E-state index contributed by atoms with van der Waals surface area (Å²) >= 11 is 0. The zero-order valence-electron chi connectivity index (χ0n) is 10.4. The van der Waals surface area contributed by atoms with Gasteiger partial charge in [-0.2, -0.15) is 5.10 Å². The van der Waals surface area contributed by atoms with Gasteiger partial charge in [0.05, 0.1) is 5.69 Å². The molecule has 0 saturated carbocycles. The summed E-state index contributed by atoms with van der Waals surface area (Å²) < 4.78 is 0. The maximum atomic E-state index is 9.28. The van der Waals surface area contributed by atoms with Crippen molar-refractivity contribution in [2.75, 3.05) is 0 Å². The molecule has 0 aliphatic heterocycles. The van der Waals surface area contributed by atoms with Crippen molar-refractivity contribution in [1.82, 2.24) is 10.2 Å². The molecule has 3 nitrogen and oxygen atoms in total. The van der Waals surface area contributed by atoms with Gasteiger partial charge in [0, 0.05) is 17.7 Å². The van der Waals surface area contributed by atoms with Gasteiger partial charge in [-0.05, 0) is 35.9 Å². The van der Waals surface area contributed by atoms with Crippen molar-refractivity contribution in [2.45, 2.75) is 6.42 Å². The van der Waals surface area contributed by atoms with Crippen molar-refractivity contribution in [3.63, 3.8) is 0 Å². The Morgan fingerprint density at radius 3 is 2.42 bits per heavy atom. The van der Waals surface area contributed by atoms with Crippen LogP contribution in [0.3, 0.4) is 0 Å². The number of nitrogens with one attached hydrogen (secondary N) is 1. The van der Waals surface area contributed by atoms with Crippen LogP contribution in [0.5, 0.6) is 5.75 Å². The monoisotopic (exact) mass is 250 g/mol. The predicted molar refractivity (Wildman–Crippen MR) is 74.9 cm³/mol. The predicted octanol–water partition coefficient (Wildman–Crippen LogP) is 3.37. The molecule has 0 bridgehead atoms. The number of hydrogen-bond donors (Lipinski definition) is 2. The van der Waals surface area contributed by atoms with Gasteiger partial charge in [-0.1, -0.05) is 30.3 Å². The van der Waals surface area contributed by atoms with Crippen molar-refractivity contribution in [1.29, 1.82) is 0 Å². The molecule has 2 aromatic carbocycles. The summed E-state index contributed by atoms with van der Waals surface area (Å²) in [5.74, 6) is 0.267. The summed E-state index contributed by atoms with van der Waals surface area (Å²) in [4.78, 5) is 0. The molecule has 0 saturated heterocycles. The van der Waals surface area contributed by atoms with Crippen molar-refractivity contribution in [2.24, 2.45) is 0 Å². The third kappa shape index (κ3) is 2.65. The summed E-state index contributed by atoms with van der Waals surface area (Å²) in [5, 5.41) is 16.6. The van der Waals surface area contributed by atoms with Gasteiger partial charge in [0.1, 0.15) is 5.75 Å². The highest BCUT2D eigenvalue weighted by Gasteiger charge is 2.04. The van der Waals surface area contributed by atoms with Gasteiger partial charge in [0.2, 0.25) is 0 Å². The minimum Gasteiger partial charge on any atom is -0.508 e. The van der Waals surface area contributed by atoms with Crippen LogP contribution in [0.4, 0.5) is 0 Å². The second kappa shape index (κ2) is 4.98. The van der Waals surface area contributed by atoms with E-state index in [1.165, 1.54) is 5.56 Å². The highest BCUT2D eigenvalue weighted by atomic mass is 16.3. The van der Waals surface area contributed by atoms with E-state index in [9.17, 15) is 5.11 Å². The maximum Gasteiger partial charge on any atom is 0.115 e. The topological polar surface area (TPSA) is 48.9 Å². The fraction of sp³-hybridized carbons (Fsp3) is 0.0625. The van der Waals surface area contributed by atoms with Gasteiger partial charge < -0.3 is 5.11 Å². The minimum absolute atomic E-state index is 0.267. The molecule has 2 N–H and O–H groups in total. The zero-order valence-corrected chi connectivity index (χ0v) is 10.4. The van der Waals surface area contributed by atoms with Crippen LogP contribution in [0.25, 0.3) is 11.3 Å². The van der Waals surface area contributed by atoms with Crippen molar-refractivity contribution >= 4 is 0 Å². The van der Waals surface area contributed by atoms with Crippen molar-refractivity contribution in [3.05, 3.63) is 71.9 Å². The number of aromatic nitrogens is 2. The molecule has 0 amide bonds. The first-order valence-electron chi connectivity index (χ1n) is 6.19. The van der Waals surface area contributed by atoms with Crippen LogP contribution in [0.15, 0.2) is 60.7 Å². The second-order valence-electron chi connectivity index (χ2n) is 4.49. The molecule has 0 spiro atoms. The number of phenolic OH excluding ortho intramolecular Hbond substituents is 1. The minimum atomic E-state index is 0.267. The highest BCUT2D eigenvalue weighted by Crippen LogP contribution is 2.21. The lowest BCUT2D eigenvalue weighted by atomic mass is 10.1. The largest absolute Gasteiger partial charge is 0.508 e. The Labute approximate surface area is 111 Å². The Morgan fingerprint density at radius 2 is 1.68 bits per heavy atom. The molecule has 1 aromatic heterocycles. The van der Waals surface area contributed by atoms with E-state index in [0.717, 1.165) is 23.4 Å². The third-order valence-electron chi connectivity index (χ3n) is 3.03. The van der Waals surface area contributed by atoms with Gasteiger partial charge in [-0.3, -0.25) is 5.10 Å². The average molecular weight is 250 g/mol. The number of nitrogens with zero attached hydrogens (tertiary/aromatic N) is 1. The normalized spacial score (nSPS) is 10.5. The molecule has 0 atom stereocenters. The van der Waals surface area contributed by atoms with Crippen LogP contribution in [0, 0.1) is 0 Å². The molecule has 0 aliphatic rings. The number of rotatable bonds is 3. The average Bonchev–Trinajstić information content (AvgIpc) is 2.89. The van der Waals surface area contributed by atoms with E-state index in [1.807, 2.05) is 36.4 Å². The van der Waals surface area contributed by atoms with Crippen LogP contribution in [-0.2, 0) is 6.42 Å². The molecular formula is C16H14N2O. The van der Waals surface area contributed by atoms with E-state index in [4.69, 9.17) is 0 Å². The lowest BCUT2D eigenvalue weighted by Gasteiger charge is -1.97. The number of phenols is 1. The number of benzene rings is 2. The summed E-state index contributed by atoms with van der Waals surface area (Å²) in [5.41, 5.74) is 4.22. The lowest BCUT2D eigenvalue weighted by molar-refractivity contribution is 0.475. The number of aromatic hydroxyl groups is 1. The Bertz CT molecular complexity index is 657. The Hall–Kier alpha value is -2.55. The highest BCUT2D eigenvalue weighted by molar-refractivity contribution is 5.60. The molecule has 0 fully saturated rings. The number of H-pyrrole nitrogens is 1. The number of hydrogen-bond acceptors (Lipinski definition) is 2. The van der Waals surface area contributed by atoms with Crippen LogP contribution in [-0.4, -0.2) is 15.3 Å². The first-order chi connectivity index (χ1) is 9.31. The zero-order chi connectivity index (χ0) is 13.1. The summed E-state index contributed by atoms with van der Waals surface area (Å²) in [6.07, 6.45) is 0.839. The van der Waals surface area contributed by atoms with Crippen molar-refractivity contribution in [3.8, 4) is 17.0 Å². The quantitative estimate of drug-likeness (QED) is 0.748. The van der Waals surface area contributed by atoms with E-state index >= 15 is 0 Å². The van der Waals surface area contributed by atoms with Crippen LogP contribution >= 0.6 is 0 Å². The van der Waals surface area contributed by atoms with E-state index in [1.54, 1.807) is 12.1 Å².